The Bertz CT molecular complexity index is 656. The van der Waals surface area contributed by atoms with E-state index in [2.05, 4.69) is 52.7 Å². The maximum absolute atomic E-state index is 11.5. The van der Waals surface area contributed by atoms with Gasteiger partial charge in [0.1, 0.15) is 5.60 Å². The lowest BCUT2D eigenvalue weighted by atomic mass is 10.2. The number of amides is 1. The number of benzene rings is 1. The van der Waals surface area contributed by atoms with Crippen molar-refractivity contribution >= 4 is 17.0 Å². The largest absolute Gasteiger partial charge is 0.444 e. The summed E-state index contributed by atoms with van der Waals surface area (Å²) < 4.78 is 7.34. The molecule has 0 bridgehead atoms. The second kappa shape index (κ2) is 7.51. The molecule has 2 rings (SSSR count). The Kier molecular flexibility index (Phi) is 5.66. The first kappa shape index (κ1) is 17.3. The van der Waals surface area contributed by atoms with E-state index in [-0.39, 0.29) is 6.09 Å². The van der Waals surface area contributed by atoms with Crippen molar-refractivity contribution in [2.24, 2.45) is 7.05 Å². The predicted molar refractivity (Wildman–Crippen MR) is 93.5 cm³/mol. The van der Waals surface area contributed by atoms with Gasteiger partial charge < -0.3 is 19.9 Å². The zero-order valence-electron chi connectivity index (χ0n) is 14.5. The molecule has 0 saturated carbocycles. The summed E-state index contributed by atoms with van der Waals surface area (Å²) in [6.45, 7) is 7.86. The van der Waals surface area contributed by atoms with Crippen LogP contribution in [0.2, 0.25) is 0 Å². The van der Waals surface area contributed by atoms with Crippen LogP contribution in [0.5, 0.6) is 0 Å². The van der Waals surface area contributed by atoms with Crippen LogP contribution in [-0.2, 0) is 18.3 Å². The quantitative estimate of drug-likeness (QED) is 0.805. The van der Waals surface area contributed by atoms with Crippen LogP contribution in [0.3, 0.4) is 0 Å². The van der Waals surface area contributed by atoms with Crippen LogP contribution < -0.4 is 10.6 Å². The van der Waals surface area contributed by atoms with Gasteiger partial charge in [0.05, 0.1) is 0 Å². The van der Waals surface area contributed by atoms with Crippen molar-refractivity contribution in [3.63, 3.8) is 0 Å². The molecule has 0 spiro atoms. The number of aromatic nitrogens is 1. The number of hydrogen-bond donors (Lipinski definition) is 2. The van der Waals surface area contributed by atoms with E-state index in [1.165, 1.54) is 16.5 Å². The molecule has 0 saturated heterocycles. The number of rotatable bonds is 6. The average molecular weight is 317 g/mol. The minimum atomic E-state index is -0.448. The molecule has 23 heavy (non-hydrogen) atoms. The van der Waals surface area contributed by atoms with Crippen LogP contribution in [0.25, 0.3) is 10.9 Å². The fraction of sp³-hybridized carbons (Fsp3) is 0.500. The van der Waals surface area contributed by atoms with Gasteiger partial charge in [-0.3, -0.25) is 0 Å². The SMILES string of the molecule is Cn1cc(CNCCCNC(=O)OC(C)(C)C)c2ccccc21. The van der Waals surface area contributed by atoms with E-state index >= 15 is 0 Å². The molecule has 0 aliphatic heterocycles. The third-order valence-electron chi connectivity index (χ3n) is 3.49. The number of carbonyl (C=O) groups is 1. The van der Waals surface area contributed by atoms with Gasteiger partial charge >= 0.3 is 6.09 Å². The highest BCUT2D eigenvalue weighted by atomic mass is 16.6. The van der Waals surface area contributed by atoms with Gasteiger partial charge in [-0.05, 0) is 45.4 Å². The maximum Gasteiger partial charge on any atom is 0.407 e. The van der Waals surface area contributed by atoms with Gasteiger partial charge in [0.2, 0.25) is 0 Å². The van der Waals surface area contributed by atoms with Gasteiger partial charge in [-0.1, -0.05) is 18.2 Å². The maximum atomic E-state index is 11.5. The number of alkyl carbamates (subject to hydrolysis) is 1. The van der Waals surface area contributed by atoms with E-state index in [0.717, 1.165) is 19.5 Å². The van der Waals surface area contributed by atoms with Crippen LogP contribution in [-0.4, -0.2) is 29.4 Å². The molecule has 0 radical (unpaired) electrons. The summed E-state index contributed by atoms with van der Waals surface area (Å²) >= 11 is 0. The monoisotopic (exact) mass is 317 g/mol. The van der Waals surface area contributed by atoms with E-state index in [4.69, 9.17) is 4.74 Å². The normalized spacial score (nSPS) is 11.7. The molecular formula is C18H27N3O2. The molecule has 0 aliphatic rings. The summed E-state index contributed by atoms with van der Waals surface area (Å²) in [5, 5.41) is 7.48. The molecule has 126 valence electrons. The second-order valence-corrected chi connectivity index (χ2v) is 6.74. The number of aryl methyl sites for hydroxylation is 1. The van der Waals surface area contributed by atoms with E-state index in [0.29, 0.717) is 6.54 Å². The molecule has 1 aromatic heterocycles. The predicted octanol–water partition coefficient (Wildman–Crippen LogP) is 3.18. The van der Waals surface area contributed by atoms with Crippen LogP contribution >= 0.6 is 0 Å². The number of ether oxygens (including phenoxy) is 1. The molecule has 2 N–H and O–H groups in total. The third kappa shape index (κ3) is 5.28. The van der Waals surface area contributed by atoms with E-state index < -0.39 is 5.60 Å². The second-order valence-electron chi connectivity index (χ2n) is 6.74. The lowest BCUT2D eigenvalue weighted by Crippen LogP contribution is -2.33. The highest BCUT2D eigenvalue weighted by Crippen LogP contribution is 2.19. The number of para-hydroxylation sites is 1. The molecule has 1 aromatic carbocycles. The number of nitrogens with one attached hydrogen (secondary N) is 2. The highest BCUT2D eigenvalue weighted by Gasteiger charge is 2.15. The molecule has 0 aliphatic carbocycles. The van der Waals surface area contributed by atoms with Crippen molar-refractivity contribution in [3.8, 4) is 0 Å². The van der Waals surface area contributed by atoms with Gasteiger partial charge in [0, 0.05) is 37.2 Å². The van der Waals surface area contributed by atoms with Crippen molar-refractivity contribution in [2.75, 3.05) is 13.1 Å². The van der Waals surface area contributed by atoms with Crippen molar-refractivity contribution in [2.45, 2.75) is 39.3 Å². The Morgan fingerprint density at radius 1 is 1.22 bits per heavy atom. The van der Waals surface area contributed by atoms with Crippen molar-refractivity contribution < 1.29 is 9.53 Å². The van der Waals surface area contributed by atoms with E-state index in [1.807, 2.05) is 20.8 Å². The Morgan fingerprint density at radius 2 is 1.96 bits per heavy atom. The van der Waals surface area contributed by atoms with E-state index in [1.54, 1.807) is 0 Å². The Morgan fingerprint density at radius 3 is 2.70 bits per heavy atom. The van der Waals surface area contributed by atoms with E-state index in [9.17, 15) is 4.79 Å². The Hall–Kier alpha value is -2.01. The van der Waals surface area contributed by atoms with Gasteiger partial charge in [-0.15, -0.1) is 0 Å². The summed E-state index contributed by atoms with van der Waals surface area (Å²) in [4.78, 5) is 11.5. The molecule has 5 heteroatoms. The molecule has 2 aromatic rings. The van der Waals surface area contributed by atoms with Crippen molar-refractivity contribution in [3.05, 3.63) is 36.0 Å². The molecule has 0 fully saturated rings. The molecule has 1 amide bonds. The van der Waals surface area contributed by atoms with Crippen LogP contribution in [0, 0.1) is 0 Å². The molecular weight excluding hydrogens is 290 g/mol. The molecule has 1 heterocycles. The standard InChI is InChI=1S/C18H27N3O2/c1-18(2,3)23-17(22)20-11-7-10-19-12-14-13-21(4)16-9-6-5-8-15(14)16/h5-6,8-9,13,19H,7,10-12H2,1-4H3,(H,20,22). The van der Waals surface area contributed by atoms with Crippen molar-refractivity contribution in [1.29, 1.82) is 0 Å². The Labute approximate surface area is 138 Å². The summed E-state index contributed by atoms with van der Waals surface area (Å²) in [5.41, 5.74) is 2.09. The van der Waals surface area contributed by atoms with Crippen LogP contribution in [0.15, 0.2) is 30.5 Å². The first-order valence-electron chi connectivity index (χ1n) is 8.07. The first-order valence-corrected chi connectivity index (χ1v) is 8.07. The smallest absolute Gasteiger partial charge is 0.407 e. The lowest BCUT2D eigenvalue weighted by Gasteiger charge is -2.19. The Balaban J connectivity index is 1.69. The number of nitrogens with zero attached hydrogens (tertiary/aromatic N) is 1. The topological polar surface area (TPSA) is 55.3 Å². The average Bonchev–Trinajstić information content (AvgIpc) is 2.78. The first-order chi connectivity index (χ1) is 10.9. The molecule has 0 unspecified atom stereocenters. The van der Waals surface area contributed by atoms with Crippen LogP contribution in [0.4, 0.5) is 4.79 Å². The minimum absolute atomic E-state index is 0.355. The fourth-order valence-electron chi connectivity index (χ4n) is 2.51. The van der Waals surface area contributed by atoms with Gasteiger partial charge in [0.15, 0.2) is 0 Å². The number of hydrogen-bond acceptors (Lipinski definition) is 3. The zero-order chi connectivity index (χ0) is 16.9. The summed E-state index contributed by atoms with van der Waals surface area (Å²) in [6.07, 6.45) is 2.67. The number of carbonyl (C=O) groups excluding carboxylic acids is 1. The molecule has 5 nitrogen and oxygen atoms in total. The summed E-state index contributed by atoms with van der Waals surface area (Å²) in [5.74, 6) is 0. The lowest BCUT2D eigenvalue weighted by molar-refractivity contribution is 0.0527. The minimum Gasteiger partial charge on any atom is -0.444 e. The van der Waals surface area contributed by atoms with Gasteiger partial charge in [-0.2, -0.15) is 0 Å². The van der Waals surface area contributed by atoms with Gasteiger partial charge in [-0.25, -0.2) is 4.79 Å². The molecule has 0 atom stereocenters. The van der Waals surface area contributed by atoms with Gasteiger partial charge in [0.25, 0.3) is 0 Å². The zero-order valence-corrected chi connectivity index (χ0v) is 14.5. The highest BCUT2D eigenvalue weighted by molar-refractivity contribution is 5.83. The summed E-state index contributed by atoms with van der Waals surface area (Å²) in [6, 6.07) is 8.40. The third-order valence-corrected chi connectivity index (χ3v) is 3.49. The fourth-order valence-corrected chi connectivity index (χ4v) is 2.51. The van der Waals surface area contributed by atoms with Crippen molar-refractivity contribution in [1.82, 2.24) is 15.2 Å². The van der Waals surface area contributed by atoms with Crippen LogP contribution in [0.1, 0.15) is 32.8 Å². The summed E-state index contributed by atoms with van der Waals surface area (Å²) in [7, 11) is 2.07. The number of fused-ring (bicyclic) bond motifs is 1.